The topological polar surface area (TPSA) is 49.3 Å². The lowest BCUT2D eigenvalue weighted by molar-refractivity contribution is -0.124. The number of rotatable bonds is 4. The van der Waals surface area contributed by atoms with Crippen molar-refractivity contribution in [3.63, 3.8) is 0 Å². The zero-order valence-electron chi connectivity index (χ0n) is 11.5. The molecule has 0 unspecified atom stereocenters. The van der Waals surface area contributed by atoms with Crippen LogP contribution >= 0.6 is 11.6 Å². The Morgan fingerprint density at radius 2 is 1.95 bits per heavy atom. The van der Waals surface area contributed by atoms with Crippen LogP contribution in [0.3, 0.4) is 0 Å². The maximum Gasteiger partial charge on any atom is 0.230 e. The van der Waals surface area contributed by atoms with E-state index in [4.69, 9.17) is 11.6 Å². The summed E-state index contributed by atoms with van der Waals surface area (Å²) in [6.45, 7) is 0.369. The molecule has 0 heterocycles. The van der Waals surface area contributed by atoms with Gasteiger partial charge in [-0.1, -0.05) is 36.6 Å². The van der Waals surface area contributed by atoms with E-state index in [2.05, 4.69) is 5.32 Å². The van der Waals surface area contributed by atoms with Crippen molar-refractivity contribution < 1.29 is 9.90 Å². The minimum Gasteiger partial charge on any atom is -0.388 e. The minimum atomic E-state index is -0.694. The normalized spacial score (nSPS) is 22.5. The van der Waals surface area contributed by atoms with Gasteiger partial charge in [0.1, 0.15) is 0 Å². The number of benzene rings is 1. The Hall–Kier alpha value is -1.06. The van der Waals surface area contributed by atoms with E-state index in [9.17, 15) is 9.90 Å². The first-order valence-electron chi connectivity index (χ1n) is 7.31. The summed E-state index contributed by atoms with van der Waals surface area (Å²) in [5.41, 5.74) is -0.124. The summed E-state index contributed by atoms with van der Waals surface area (Å²) in [6, 6.07) is 7.54. The van der Waals surface area contributed by atoms with Gasteiger partial charge in [0, 0.05) is 11.6 Å². The Morgan fingerprint density at radius 3 is 2.55 bits per heavy atom. The molecule has 0 bridgehead atoms. The molecule has 1 aromatic carbocycles. The average molecular weight is 294 g/mol. The molecule has 2 N–H and O–H groups in total. The summed E-state index contributed by atoms with van der Waals surface area (Å²) in [5.74, 6) is 0.0279. The molecule has 0 atom stereocenters. The first kappa shape index (κ1) is 13.9. The van der Waals surface area contributed by atoms with Crippen LogP contribution in [-0.2, 0) is 10.2 Å². The van der Waals surface area contributed by atoms with Crippen LogP contribution in [-0.4, -0.2) is 23.2 Å². The van der Waals surface area contributed by atoms with Gasteiger partial charge in [0.25, 0.3) is 0 Å². The van der Waals surface area contributed by atoms with Gasteiger partial charge in [-0.2, -0.15) is 0 Å². The van der Waals surface area contributed by atoms with Gasteiger partial charge in [0.15, 0.2) is 0 Å². The van der Waals surface area contributed by atoms with Crippen molar-refractivity contribution in [3.8, 4) is 0 Å². The SMILES string of the molecule is O=C(NCC1(O)CCCC1)C1(c2cccc(Cl)c2)CC1. The van der Waals surface area contributed by atoms with Gasteiger partial charge in [0.05, 0.1) is 11.0 Å². The summed E-state index contributed by atoms with van der Waals surface area (Å²) in [5, 5.41) is 13.9. The molecule has 4 heteroatoms. The number of carbonyl (C=O) groups excluding carboxylic acids is 1. The summed E-state index contributed by atoms with van der Waals surface area (Å²) in [4.78, 5) is 12.5. The minimum absolute atomic E-state index is 0.0279. The van der Waals surface area contributed by atoms with Crippen molar-refractivity contribution in [2.45, 2.75) is 49.5 Å². The third-order valence-corrected chi connectivity index (χ3v) is 4.91. The lowest BCUT2D eigenvalue weighted by Gasteiger charge is -2.24. The Balaban J connectivity index is 1.67. The fraction of sp³-hybridized carbons (Fsp3) is 0.562. The maximum atomic E-state index is 12.5. The smallest absolute Gasteiger partial charge is 0.230 e. The highest BCUT2D eigenvalue weighted by Gasteiger charge is 2.51. The van der Waals surface area contributed by atoms with Crippen molar-refractivity contribution in [1.82, 2.24) is 5.32 Å². The summed E-state index contributed by atoms with van der Waals surface area (Å²) >= 11 is 6.01. The third kappa shape index (κ3) is 2.57. The second kappa shape index (κ2) is 5.05. The van der Waals surface area contributed by atoms with Crippen LogP contribution < -0.4 is 5.32 Å². The lowest BCUT2D eigenvalue weighted by Crippen LogP contribution is -2.44. The Bertz CT molecular complexity index is 519. The largest absolute Gasteiger partial charge is 0.388 e. The van der Waals surface area contributed by atoms with Crippen LogP contribution in [0.1, 0.15) is 44.1 Å². The van der Waals surface area contributed by atoms with Crippen molar-refractivity contribution in [1.29, 1.82) is 0 Å². The molecule has 0 aromatic heterocycles. The van der Waals surface area contributed by atoms with Crippen molar-refractivity contribution >= 4 is 17.5 Å². The Labute approximate surface area is 124 Å². The zero-order valence-corrected chi connectivity index (χ0v) is 12.2. The highest BCUT2D eigenvalue weighted by atomic mass is 35.5. The first-order chi connectivity index (χ1) is 9.54. The highest BCUT2D eigenvalue weighted by Crippen LogP contribution is 2.49. The van der Waals surface area contributed by atoms with Gasteiger partial charge in [-0.05, 0) is 43.4 Å². The first-order valence-corrected chi connectivity index (χ1v) is 7.69. The number of amides is 1. The molecule has 0 spiro atoms. The lowest BCUT2D eigenvalue weighted by atomic mass is 9.94. The van der Waals surface area contributed by atoms with E-state index in [1.807, 2.05) is 24.3 Å². The van der Waals surface area contributed by atoms with E-state index in [1.54, 1.807) is 0 Å². The van der Waals surface area contributed by atoms with E-state index in [-0.39, 0.29) is 5.91 Å². The van der Waals surface area contributed by atoms with Gasteiger partial charge in [-0.25, -0.2) is 0 Å². The molecule has 3 nitrogen and oxygen atoms in total. The standard InChI is InChI=1S/C16H20ClNO2/c17-13-5-3-4-12(10-13)16(8-9-16)14(19)18-11-15(20)6-1-2-7-15/h3-5,10,20H,1-2,6-9,11H2,(H,18,19). The number of halogens is 1. The van der Waals surface area contributed by atoms with Gasteiger partial charge in [-0.15, -0.1) is 0 Å². The molecule has 0 aliphatic heterocycles. The highest BCUT2D eigenvalue weighted by molar-refractivity contribution is 6.30. The predicted octanol–water partition coefficient (Wildman–Crippen LogP) is 2.79. The zero-order chi connectivity index (χ0) is 14.2. The molecule has 3 rings (SSSR count). The predicted molar refractivity (Wildman–Crippen MR) is 78.8 cm³/mol. The molecule has 2 fully saturated rings. The number of nitrogens with one attached hydrogen (secondary N) is 1. The van der Waals surface area contributed by atoms with Crippen LogP contribution in [0, 0.1) is 0 Å². The van der Waals surface area contributed by atoms with E-state index < -0.39 is 11.0 Å². The number of carbonyl (C=O) groups is 1. The summed E-state index contributed by atoms with van der Waals surface area (Å²) in [6.07, 6.45) is 5.39. The van der Waals surface area contributed by atoms with Crippen LogP contribution in [0.15, 0.2) is 24.3 Å². The summed E-state index contributed by atoms with van der Waals surface area (Å²) in [7, 11) is 0. The second-order valence-corrected chi connectivity index (χ2v) is 6.64. The van der Waals surface area contributed by atoms with E-state index in [0.717, 1.165) is 44.1 Å². The quantitative estimate of drug-likeness (QED) is 0.897. The molecule has 2 saturated carbocycles. The molecule has 20 heavy (non-hydrogen) atoms. The number of aliphatic hydroxyl groups is 1. The molecule has 1 aromatic rings. The number of hydrogen-bond acceptors (Lipinski definition) is 2. The van der Waals surface area contributed by atoms with E-state index >= 15 is 0 Å². The molecule has 108 valence electrons. The fourth-order valence-corrected chi connectivity index (χ4v) is 3.37. The molecule has 2 aliphatic rings. The van der Waals surface area contributed by atoms with Gasteiger partial charge >= 0.3 is 0 Å². The molecule has 0 radical (unpaired) electrons. The Kier molecular flexibility index (Phi) is 3.51. The van der Waals surface area contributed by atoms with E-state index in [0.29, 0.717) is 11.6 Å². The van der Waals surface area contributed by atoms with Crippen LogP contribution in [0.5, 0.6) is 0 Å². The third-order valence-electron chi connectivity index (χ3n) is 4.67. The molecule has 0 saturated heterocycles. The van der Waals surface area contributed by atoms with Crippen molar-refractivity contribution in [3.05, 3.63) is 34.9 Å². The molecular weight excluding hydrogens is 274 g/mol. The molecule has 2 aliphatic carbocycles. The van der Waals surface area contributed by atoms with Crippen LogP contribution in [0.4, 0.5) is 0 Å². The van der Waals surface area contributed by atoms with Gasteiger partial charge in [-0.3, -0.25) is 4.79 Å². The molecule has 1 amide bonds. The summed E-state index contributed by atoms with van der Waals surface area (Å²) < 4.78 is 0. The second-order valence-electron chi connectivity index (χ2n) is 6.21. The van der Waals surface area contributed by atoms with Crippen LogP contribution in [0.25, 0.3) is 0 Å². The Morgan fingerprint density at radius 1 is 1.25 bits per heavy atom. The van der Waals surface area contributed by atoms with Gasteiger partial charge < -0.3 is 10.4 Å². The monoisotopic (exact) mass is 293 g/mol. The number of hydrogen-bond donors (Lipinski definition) is 2. The van der Waals surface area contributed by atoms with Crippen molar-refractivity contribution in [2.24, 2.45) is 0 Å². The van der Waals surface area contributed by atoms with E-state index in [1.165, 1.54) is 0 Å². The maximum absolute atomic E-state index is 12.5. The van der Waals surface area contributed by atoms with Crippen LogP contribution in [0.2, 0.25) is 5.02 Å². The fourth-order valence-electron chi connectivity index (χ4n) is 3.18. The molecular formula is C16H20ClNO2. The van der Waals surface area contributed by atoms with Gasteiger partial charge in [0.2, 0.25) is 5.91 Å². The average Bonchev–Trinajstić information content (AvgIpc) is 3.14. The van der Waals surface area contributed by atoms with Crippen molar-refractivity contribution in [2.75, 3.05) is 6.54 Å².